The van der Waals surface area contributed by atoms with Crippen LogP contribution in [0.3, 0.4) is 0 Å². The number of nitrogens with two attached hydrogens (primary N) is 1. The largest absolute Gasteiger partial charge is 0.490 e. The lowest BCUT2D eigenvalue weighted by Gasteiger charge is -2.10. The third kappa shape index (κ3) is 2.48. The Kier molecular flexibility index (Phi) is 2.91. The molecule has 0 heterocycles. The number of benzene rings is 1. The van der Waals surface area contributed by atoms with Gasteiger partial charge in [0.1, 0.15) is 0 Å². The molecule has 3 heteroatoms. The molecule has 15 heavy (non-hydrogen) atoms. The average Bonchev–Trinajstić information content (AvgIpc) is 3.03. The van der Waals surface area contributed by atoms with Crippen molar-refractivity contribution in [3.63, 3.8) is 0 Å². The van der Waals surface area contributed by atoms with Crippen molar-refractivity contribution in [1.82, 2.24) is 0 Å². The zero-order valence-corrected chi connectivity index (χ0v) is 8.92. The summed E-state index contributed by atoms with van der Waals surface area (Å²) in [6.45, 7) is 2.78. The van der Waals surface area contributed by atoms with E-state index in [9.17, 15) is 4.39 Å². The lowest BCUT2D eigenvalue weighted by Crippen LogP contribution is -2.04. The second kappa shape index (κ2) is 4.19. The highest BCUT2D eigenvalue weighted by molar-refractivity contribution is 5.35. The molecule has 0 amide bonds. The smallest absolute Gasteiger partial charge is 0.167 e. The number of hydrogen-bond acceptors (Lipinski definition) is 2. The molecule has 2 nitrogen and oxygen atoms in total. The maximum Gasteiger partial charge on any atom is 0.167 e. The van der Waals surface area contributed by atoms with Gasteiger partial charge < -0.3 is 10.5 Å². The van der Waals surface area contributed by atoms with E-state index >= 15 is 0 Å². The van der Waals surface area contributed by atoms with E-state index in [1.807, 2.05) is 0 Å². The Morgan fingerprint density at radius 3 is 2.80 bits per heavy atom. The van der Waals surface area contributed by atoms with Gasteiger partial charge in [0.05, 0.1) is 6.61 Å². The summed E-state index contributed by atoms with van der Waals surface area (Å²) in [5.41, 5.74) is 7.05. The van der Waals surface area contributed by atoms with Crippen molar-refractivity contribution < 1.29 is 9.13 Å². The van der Waals surface area contributed by atoms with Crippen LogP contribution in [0.15, 0.2) is 12.1 Å². The van der Waals surface area contributed by atoms with Crippen LogP contribution in [0.2, 0.25) is 0 Å². The normalized spacial score (nSPS) is 15.4. The molecule has 0 atom stereocenters. The summed E-state index contributed by atoms with van der Waals surface area (Å²) in [5.74, 6) is 0.724. The fraction of sp³-hybridized carbons (Fsp3) is 0.500. The molecule has 0 saturated heterocycles. The van der Waals surface area contributed by atoms with Crippen LogP contribution in [0.1, 0.15) is 24.0 Å². The van der Waals surface area contributed by atoms with Crippen LogP contribution in [0.4, 0.5) is 4.39 Å². The van der Waals surface area contributed by atoms with Gasteiger partial charge in [-0.3, -0.25) is 0 Å². The van der Waals surface area contributed by atoms with Crippen LogP contribution in [0.5, 0.6) is 5.75 Å². The van der Waals surface area contributed by atoms with Gasteiger partial charge in [0.15, 0.2) is 11.6 Å². The Bertz CT molecular complexity index is 361. The molecular weight excluding hydrogens is 193 g/mol. The van der Waals surface area contributed by atoms with Crippen molar-refractivity contribution in [3.05, 3.63) is 29.1 Å². The van der Waals surface area contributed by atoms with Gasteiger partial charge in [0, 0.05) is 6.54 Å². The van der Waals surface area contributed by atoms with E-state index < -0.39 is 0 Å². The van der Waals surface area contributed by atoms with E-state index in [2.05, 4.69) is 0 Å². The lowest BCUT2D eigenvalue weighted by atomic mass is 10.1. The summed E-state index contributed by atoms with van der Waals surface area (Å²) in [6.07, 6.45) is 2.41. The Hall–Kier alpha value is -1.09. The lowest BCUT2D eigenvalue weighted by molar-refractivity contribution is 0.284. The van der Waals surface area contributed by atoms with Crippen LogP contribution >= 0.6 is 0 Å². The van der Waals surface area contributed by atoms with Crippen molar-refractivity contribution in [3.8, 4) is 5.75 Å². The van der Waals surface area contributed by atoms with E-state index in [0.717, 1.165) is 5.56 Å². The second-order valence-electron chi connectivity index (χ2n) is 4.18. The number of halogens is 1. The highest BCUT2D eigenvalue weighted by Crippen LogP contribution is 2.31. The Morgan fingerprint density at radius 1 is 1.47 bits per heavy atom. The molecule has 0 bridgehead atoms. The predicted octanol–water partition coefficient (Wildman–Crippen LogP) is 2.38. The third-order valence-corrected chi connectivity index (χ3v) is 2.69. The molecule has 1 aliphatic carbocycles. The van der Waals surface area contributed by atoms with E-state index in [4.69, 9.17) is 10.5 Å². The topological polar surface area (TPSA) is 35.2 Å². The van der Waals surface area contributed by atoms with Gasteiger partial charge in [-0.15, -0.1) is 0 Å². The molecule has 1 fully saturated rings. The van der Waals surface area contributed by atoms with E-state index in [1.165, 1.54) is 12.8 Å². The Morgan fingerprint density at radius 2 is 2.20 bits per heavy atom. The number of aryl methyl sites for hydroxylation is 1. The minimum atomic E-state index is -0.257. The molecule has 1 aliphatic rings. The summed E-state index contributed by atoms with van der Waals surface area (Å²) in [7, 11) is 0. The zero-order chi connectivity index (χ0) is 10.8. The molecule has 0 aromatic heterocycles. The minimum absolute atomic E-state index is 0.257. The second-order valence-corrected chi connectivity index (χ2v) is 4.18. The van der Waals surface area contributed by atoms with Crippen molar-refractivity contribution in [2.45, 2.75) is 26.3 Å². The molecule has 0 spiro atoms. The standard InChI is InChI=1S/C12H16FNO/c1-8-4-10(6-14)5-11(12(8)13)15-7-9-2-3-9/h4-5,9H,2-3,6-7,14H2,1H3. The first-order valence-corrected chi connectivity index (χ1v) is 5.32. The summed E-state index contributed by atoms with van der Waals surface area (Å²) < 4.78 is 19.1. The maximum absolute atomic E-state index is 13.6. The van der Waals surface area contributed by atoms with Crippen molar-refractivity contribution >= 4 is 0 Å². The SMILES string of the molecule is Cc1cc(CN)cc(OCC2CC2)c1F. The number of ether oxygens (including phenoxy) is 1. The fourth-order valence-corrected chi connectivity index (χ4v) is 1.52. The molecule has 0 unspecified atom stereocenters. The van der Waals surface area contributed by atoms with Crippen LogP contribution in [0.25, 0.3) is 0 Å². The highest BCUT2D eigenvalue weighted by Gasteiger charge is 2.22. The molecule has 82 valence electrons. The first-order chi connectivity index (χ1) is 7.20. The average molecular weight is 209 g/mol. The monoisotopic (exact) mass is 209 g/mol. The summed E-state index contributed by atoms with van der Waals surface area (Å²) in [6, 6.07) is 3.46. The van der Waals surface area contributed by atoms with E-state index in [0.29, 0.717) is 30.4 Å². The van der Waals surface area contributed by atoms with Gasteiger partial charge in [-0.1, -0.05) is 6.07 Å². The molecule has 2 rings (SSSR count). The predicted molar refractivity (Wildman–Crippen MR) is 57.2 cm³/mol. The van der Waals surface area contributed by atoms with Crippen molar-refractivity contribution in [2.24, 2.45) is 11.7 Å². The van der Waals surface area contributed by atoms with Crippen LogP contribution in [-0.2, 0) is 6.54 Å². The number of hydrogen-bond donors (Lipinski definition) is 1. The van der Waals surface area contributed by atoms with Crippen LogP contribution in [0, 0.1) is 18.7 Å². The molecule has 1 saturated carbocycles. The van der Waals surface area contributed by atoms with Crippen molar-refractivity contribution in [1.29, 1.82) is 0 Å². The molecular formula is C12H16FNO. The molecule has 1 aromatic carbocycles. The zero-order valence-electron chi connectivity index (χ0n) is 8.92. The molecule has 2 N–H and O–H groups in total. The van der Waals surface area contributed by atoms with Gasteiger partial charge in [-0.25, -0.2) is 4.39 Å². The fourth-order valence-electron chi connectivity index (χ4n) is 1.52. The first kappa shape index (κ1) is 10.4. The van der Waals surface area contributed by atoms with Gasteiger partial charge in [0.25, 0.3) is 0 Å². The van der Waals surface area contributed by atoms with Gasteiger partial charge in [0.2, 0.25) is 0 Å². The van der Waals surface area contributed by atoms with Gasteiger partial charge >= 0.3 is 0 Å². The molecule has 1 aromatic rings. The van der Waals surface area contributed by atoms with Gasteiger partial charge in [-0.2, -0.15) is 0 Å². The van der Waals surface area contributed by atoms with Crippen LogP contribution < -0.4 is 10.5 Å². The van der Waals surface area contributed by atoms with Gasteiger partial charge in [-0.05, 0) is 42.9 Å². The summed E-state index contributed by atoms with van der Waals surface area (Å²) in [4.78, 5) is 0. The maximum atomic E-state index is 13.6. The summed E-state index contributed by atoms with van der Waals surface area (Å²) >= 11 is 0. The van der Waals surface area contributed by atoms with E-state index in [-0.39, 0.29) is 5.82 Å². The first-order valence-electron chi connectivity index (χ1n) is 5.32. The third-order valence-electron chi connectivity index (χ3n) is 2.69. The molecule has 0 aliphatic heterocycles. The quantitative estimate of drug-likeness (QED) is 0.826. The number of rotatable bonds is 4. The minimum Gasteiger partial charge on any atom is -0.490 e. The van der Waals surface area contributed by atoms with Crippen molar-refractivity contribution in [2.75, 3.05) is 6.61 Å². The summed E-state index contributed by atoms with van der Waals surface area (Å²) in [5, 5.41) is 0. The molecule has 0 radical (unpaired) electrons. The van der Waals surface area contributed by atoms with Crippen LogP contribution in [-0.4, -0.2) is 6.61 Å². The Labute approximate surface area is 89.2 Å². The highest BCUT2D eigenvalue weighted by atomic mass is 19.1. The Balaban J connectivity index is 2.15. The van der Waals surface area contributed by atoms with E-state index in [1.54, 1.807) is 19.1 Å².